The zero-order chi connectivity index (χ0) is 12.3. The molecule has 0 bridgehead atoms. The van der Waals surface area contributed by atoms with E-state index in [1.165, 1.54) is 12.1 Å². The first kappa shape index (κ1) is 12.0. The average molecular weight is 224 g/mol. The van der Waals surface area contributed by atoms with Gasteiger partial charge in [-0.2, -0.15) is 0 Å². The topological polar surface area (TPSA) is 92.5 Å². The third kappa shape index (κ3) is 2.69. The number of aromatic hydroxyl groups is 1. The van der Waals surface area contributed by atoms with Crippen molar-refractivity contribution in [1.29, 1.82) is 0 Å². The summed E-state index contributed by atoms with van der Waals surface area (Å²) in [6.45, 7) is 3.37. The van der Waals surface area contributed by atoms with Gasteiger partial charge in [-0.05, 0) is 6.07 Å². The van der Waals surface area contributed by atoms with E-state index in [1.807, 2.05) is 0 Å². The minimum absolute atomic E-state index is 0.0490. The van der Waals surface area contributed by atoms with E-state index in [0.717, 1.165) is 6.07 Å². The molecule has 0 fully saturated rings. The molecule has 0 saturated carbocycles. The Morgan fingerprint density at radius 1 is 1.50 bits per heavy atom. The minimum atomic E-state index is -0.593. The van der Waals surface area contributed by atoms with Crippen molar-refractivity contribution in [3.8, 4) is 5.75 Å². The van der Waals surface area contributed by atoms with Crippen LogP contribution in [0.5, 0.6) is 5.75 Å². The molecule has 6 nitrogen and oxygen atoms in total. The Balaban J connectivity index is 2.99. The number of carbonyl (C=O) groups excluding carboxylic acids is 1. The number of nitro benzene ring substituents is 1. The van der Waals surface area contributed by atoms with Crippen LogP contribution in [0.15, 0.2) is 18.2 Å². The van der Waals surface area contributed by atoms with Crippen molar-refractivity contribution in [1.82, 2.24) is 0 Å². The van der Waals surface area contributed by atoms with Gasteiger partial charge in [0.25, 0.3) is 5.69 Å². The average Bonchev–Trinajstić information content (AvgIpc) is 2.20. The second-order valence-electron chi connectivity index (χ2n) is 3.60. The zero-order valence-corrected chi connectivity index (χ0v) is 8.93. The van der Waals surface area contributed by atoms with Gasteiger partial charge in [-0.15, -0.1) is 0 Å². The van der Waals surface area contributed by atoms with E-state index >= 15 is 0 Å². The molecule has 0 atom stereocenters. The number of benzene rings is 1. The predicted octanol–water partition coefficient (Wildman–Crippen LogP) is 1.89. The molecular formula is C10H12N2O4. The molecule has 1 aromatic rings. The number of nitro groups is 1. The van der Waals surface area contributed by atoms with E-state index in [1.54, 1.807) is 13.8 Å². The van der Waals surface area contributed by atoms with Gasteiger partial charge >= 0.3 is 0 Å². The van der Waals surface area contributed by atoms with Crippen LogP contribution in [0.4, 0.5) is 11.4 Å². The monoisotopic (exact) mass is 224 g/mol. The molecular weight excluding hydrogens is 212 g/mol. The number of hydrogen-bond donors (Lipinski definition) is 2. The third-order valence-corrected chi connectivity index (χ3v) is 1.97. The first-order valence-electron chi connectivity index (χ1n) is 4.70. The highest BCUT2D eigenvalue weighted by atomic mass is 16.6. The van der Waals surface area contributed by atoms with E-state index in [4.69, 9.17) is 0 Å². The normalized spacial score (nSPS) is 10.2. The molecule has 0 aliphatic heterocycles. The van der Waals surface area contributed by atoms with Crippen molar-refractivity contribution in [3.63, 3.8) is 0 Å². The smallest absolute Gasteiger partial charge is 0.271 e. The van der Waals surface area contributed by atoms with Gasteiger partial charge < -0.3 is 10.4 Å². The van der Waals surface area contributed by atoms with Crippen LogP contribution in [-0.2, 0) is 4.79 Å². The van der Waals surface area contributed by atoms with Gasteiger partial charge in [0.05, 0.1) is 10.6 Å². The van der Waals surface area contributed by atoms with Gasteiger partial charge in [0.1, 0.15) is 5.75 Å². The van der Waals surface area contributed by atoms with Crippen LogP contribution >= 0.6 is 0 Å². The summed E-state index contributed by atoms with van der Waals surface area (Å²) in [7, 11) is 0. The molecule has 16 heavy (non-hydrogen) atoms. The van der Waals surface area contributed by atoms with Crippen LogP contribution < -0.4 is 5.32 Å². The van der Waals surface area contributed by atoms with Crippen molar-refractivity contribution in [2.75, 3.05) is 5.32 Å². The number of phenolic OH excluding ortho intramolecular Hbond substituents is 1. The van der Waals surface area contributed by atoms with Gasteiger partial charge in [-0.25, -0.2) is 0 Å². The summed E-state index contributed by atoms with van der Waals surface area (Å²) in [5, 5.41) is 22.3. The maximum atomic E-state index is 11.4. The Morgan fingerprint density at radius 2 is 2.12 bits per heavy atom. The molecule has 1 amide bonds. The van der Waals surface area contributed by atoms with Gasteiger partial charge in [0, 0.05) is 18.1 Å². The zero-order valence-electron chi connectivity index (χ0n) is 8.93. The van der Waals surface area contributed by atoms with Gasteiger partial charge in [0.2, 0.25) is 5.91 Å². The number of carbonyl (C=O) groups is 1. The highest BCUT2D eigenvalue weighted by Gasteiger charge is 2.14. The van der Waals surface area contributed by atoms with E-state index in [0.29, 0.717) is 0 Å². The summed E-state index contributed by atoms with van der Waals surface area (Å²) in [5.74, 6) is -0.769. The summed E-state index contributed by atoms with van der Waals surface area (Å²) in [4.78, 5) is 21.3. The molecule has 6 heteroatoms. The summed E-state index contributed by atoms with van der Waals surface area (Å²) in [6, 6.07) is 3.46. The molecule has 0 heterocycles. The van der Waals surface area contributed by atoms with Crippen molar-refractivity contribution in [2.45, 2.75) is 13.8 Å². The fourth-order valence-electron chi connectivity index (χ4n) is 1.01. The predicted molar refractivity (Wildman–Crippen MR) is 58.2 cm³/mol. The molecule has 1 aromatic carbocycles. The van der Waals surface area contributed by atoms with E-state index < -0.39 is 4.92 Å². The van der Waals surface area contributed by atoms with Crippen LogP contribution in [0.25, 0.3) is 0 Å². The van der Waals surface area contributed by atoms with Crippen molar-refractivity contribution >= 4 is 17.3 Å². The molecule has 86 valence electrons. The highest BCUT2D eigenvalue weighted by Crippen LogP contribution is 2.28. The van der Waals surface area contributed by atoms with E-state index in [2.05, 4.69) is 5.32 Å². The number of amides is 1. The van der Waals surface area contributed by atoms with Crippen LogP contribution in [0.1, 0.15) is 13.8 Å². The van der Waals surface area contributed by atoms with Gasteiger partial charge in [-0.1, -0.05) is 13.8 Å². The van der Waals surface area contributed by atoms with E-state index in [-0.39, 0.29) is 28.9 Å². The maximum Gasteiger partial charge on any atom is 0.271 e. The number of hydrogen-bond acceptors (Lipinski definition) is 4. The highest BCUT2D eigenvalue weighted by molar-refractivity contribution is 5.93. The standard InChI is InChI=1S/C10H12N2O4/c1-6(2)10(14)11-8-5-7(12(15)16)3-4-9(8)13/h3-6,13H,1-2H3,(H,11,14). The maximum absolute atomic E-state index is 11.4. The van der Waals surface area contributed by atoms with Crippen molar-refractivity contribution in [2.24, 2.45) is 5.92 Å². The van der Waals surface area contributed by atoms with E-state index in [9.17, 15) is 20.0 Å². The van der Waals surface area contributed by atoms with Crippen LogP contribution in [-0.4, -0.2) is 15.9 Å². The molecule has 0 aliphatic rings. The van der Waals surface area contributed by atoms with Gasteiger partial charge in [0.15, 0.2) is 0 Å². The molecule has 0 unspecified atom stereocenters. The summed E-state index contributed by atoms with van der Waals surface area (Å²) >= 11 is 0. The molecule has 2 N–H and O–H groups in total. The van der Waals surface area contributed by atoms with Crippen LogP contribution in [0.3, 0.4) is 0 Å². The SMILES string of the molecule is CC(C)C(=O)Nc1cc([N+](=O)[O-])ccc1O. The quantitative estimate of drug-likeness (QED) is 0.466. The molecule has 0 saturated heterocycles. The fraction of sp³-hybridized carbons (Fsp3) is 0.300. The lowest BCUT2D eigenvalue weighted by atomic mass is 10.2. The Labute approximate surface area is 92.0 Å². The fourth-order valence-corrected chi connectivity index (χ4v) is 1.01. The summed E-state index contributed by atoms with van der Waals surface area (Å²) in [6.07, 6.45) is 0. The minimum Gasteiger partial charge on any atom is -0.506 e. The third-order valence-electron chi connectivity index (χ3n) is 1.97. The molecule has 0 aliphatic carbocycles. The largest absolute Gasteiger partial charge is 0.506 e. The van der Waals surface area contributed by atoms with Crippen molar-refractivity contribution < 1.29 is 14.8 Å². The van der Waals surface area contributed by atoms with Crippen molar-refractivity contribution in [3.05, 3.63) is 28.3 Å². The number of nitrogens with zero attached hydrogens (tertiary/aromatic N) is 1. The lowest BCUT2D eigenvalue weighted by Crippen LogP contribution is -2.17. The number of nitrogens with one attached hydrogen (secondary N) is 1. The Morgan fingerprint density at radius 3 is 2.62 bits per heavy atom. The number of non-ortho nitro benzene ring substituents is 1. The number of anilines is 1. The van der Waals surface area contributed by atoms with Crippen LogP contribution in [0, 0.1) is 16.0 Å². The molecule has 0 aromatic heterocycles. The Bertz CT molecular complexity index is 429. The first-order chi connectivity index (χ1) is 7.41. The molecule has 0 spiro atoms. The second kappa shape index (κ2) is 4.61. The molecule has 1 rings (SSSR count). The number of rotatable bonds is 3. The summed E-state index contributed by atoms with van der Waals surface area (Å²) < 4.78 is 0. The first-order valence-corrected chi connectivity index (χ1v) is 4.70. The lowest BCUT2D eigenvalue weighted by Gasteiger charge is -2.08. The Kier molecular flexibility index (Phi) is 3.44. The Hall–Kier alpha value is -2.11. The lowest BCUT2D eigenvalue weighted by molar-refractivity contribution is -0.384. The van der Waals surface area contributed by atoms with Gasteiger partial charge in [-0.3, -0.25) is 14.9 Å². The second-order valence-corrected chi connectivity index (χ2v) is 3.60. The van der Waals surface area contributed by atoms with Crippen LogP contribution in [0.2, 0.25) is 0 Å². The molecule has 0 radical (unpaired) electrons. The summed E-state index contributed by atoms with van der Waals surface area (Å²) in [5.41, 5.74) is -0.134. The number of phenols is 1.